The zero-order valence-electron chi connectivity index (χ0n) is 15.0. The maximum absolute atomic E-state index is 10.6. The highest BCUT2D eigenvalue weighted by atomic mass is 35.5. The van der Waals surface area contributed by atoms with Crippen LogP contribution in [0.5, 0.6) is 11.5 Å². The lowest BCUT2D eigenvalue weighted by Crippen LogP contribution is -2.18. The van der Waals surface area contributed by atoms with Gasteiger partial charge >= 0.3 is 0 Å². The summed E-state index contributed by atoms with van der Waals surface area (Å²) in [5.41, 5.74) is 0.311. The van der Waals surface area contributed by atoms with Gasteiger partial charge < -0.3 is 38.3 Å². The van der Waals surface area contributed by atoms with Gasteiger partial charge in [-0.1, -0.05) is 29.3 Å². The van der Waals surface area contributed by atoms with Crippen LogP contribution in [0.4, 0.5) is 0 Å². The van der Waals surface area contributed by atoms with Crippen LogP contribution in [-0.2, 0) is 23.7 Å². The van der Waals surface area contributed by atoms with Crippen molar-refractivity contribution < 1.29 is 38.3 Å². The predicted molar refractivity (Wildman–Crippen MR) is 97.1 cm³/mol. The van der Waals surface area contributed by atoms with Gasteiger partial charge in [0.2, 0.25) is 0 Å². The lowest BCUT2D eigenvalue weighted by atomic mass is 10.2. The van der Waals surface area contributed by atoms with Crippen molar-refractivity contribution in [3.8, 4) is 11.5 Å². The molecule has 0 aliphatic heterocycles. The fourth-order valence-electron chi connectivity index (χ4n) is 1.73. The van der Waals surface area contributed by atoms with Crippen molar-refractivity contribution in [1.29, 1.82) is 0 Å². The van der Waals surface area contributed by atoms with Gasteiger partial charge in [0, 0.05) is 14.2 Å². The molecule has 0 saturated heterocycles. The Labute approximate surface area is 167 Å². The van der Waals surface area contributed by atoms with E-state index in [-0.39, 0.29) is 35.1 Å². The third-order valence-electron chi connectivity index (χ3n) is 3.00. The molecule has 1 rings (SSSR count). The Kier molecular flexibility index (Phi) is 11.8. The summed E-state index contributed by atoms with van der Waals surface area (Å²) in [6, 6.07) is 1.47. The van der Waals surface area contributed by atoms with E-state index in [9.17, 15) is 9.90 Å². The number of benzene rings is 1. The monoisotopic (exact) mass is 423 g/mol. The van der Waals surface area contributed by atoms with Crippen molar-refractivity contribution in [3.63, 3.8) is 0 Å². The first-order valence-electron chi connectivity index (χ1n) is 7.81. The molecule has 1 aromatic carbocycles. The number of aliphatic carboxylic acids is 1. The summed E-state index contributed by atoms with van der Waals surface area (Å²) < 4.78 is 31.3. The third kappa shape index (κ3) is 8.79. The highest BCUT2D eigenvalue weighted by Gasteiger charge is 2.17. The van der Waals surface area contributed by atoms with Crippen LogP contribution in [0.15, 0.2) is 12.1 Å². The molecule has 0 amide bonds. The van der Waals surface area contributed by atoms with E-state index in [4.69, 9.17) is 51.6 Å². The van der Waals surface area contributed by atoms with Crippen LogP contribution in [0.3, 0.4) is 0 Å². The van der Waals surface area contributed by atoms with E-state index in [0.29, 0.717) is 32.0 Å². The lowest BCUT2D eigenvalue weighted by molar-refractivity contribution is -0.297. The van der Waals surface area contributed by atoms with Crippen LogP contribution < -0.4 is 14.6 Å². The third-order valence-corrected chi connectivity index (χ3v) is 3.87. The van der Waals surface area contributed by atoms with Gasteiger partial charge in [0.25, 0.3) is 0 Å². The van der Waals surface area contributed by atoms with Crippen molar-refractivity contribution >= 4 is 35.2 Å². The largest absolute Gasteiger partial charge is 0.545 e. The summed E-state index contributed by atoms with van der Waals surface area (Å²) >= 11 is 12.4. The number of carboxylic acid groups (broad SMARTS) is 1. The molecule has 0 aromatic heterocycles. The normalized spacial score (nSPS) is 11.1. The number of carboxylic acids is 1. The smallest absolute Gasteiger partial charge is 0.189 e. The van der Waals surface area contributed by atoms with E-state index in [2.05, 4.69) is 0 Å². The van der Waals surface area contributed by atoms with Crippen LogP contribution >= 0.6 is 23.2 Å². The topological polar surface area (TPSA) is 95.5 Å². The summed E-state index contributed by atoms with van der Waals surface area (Å²) in [5.74, 6) is -1.03. The van der Waals surface area contributed by atoms with Crippen LogP contribution in [0.25, 0.3) is 6.08 Å². The highest BCUT2D eigenvalue weighted by molar-refractivity contribution is 6.44. The highest BCUT2D eigenvalue weighted by Crippen LogP contribution is 2.43. The Morgan fingerprint density at radius 1 is 1.00 bits per heavy atom. The SMILES string of the molecule is COCCOCOc1cc(C=CC(=O)[O-])c(Cl)c(Cl)c1OCOCCOC. The quantitative estimate of drug-likeness (QED) is 0.253. The Hall–Kier alpha value is -1.55. The molecule has 0 aliphatic carbocycles. The van der Waals surface area contributed by atoms with Crippen molar-refractivity contribution in [3.05, 3.63) is 27.8 Å². The molecule has 152 valence electrons. The molecule has 0 unspecified atom stereocenters. The van der Waals surface area contributed by atoms with E-state index in [1.54, 1.807) is 14.2 Å². The van der Waals surface area contributed by atoms with Crippen molar-refractivity contribution in [2.75, 3.05) is 54.2 Å². The van der Waals surface area contributed by atoms with Gasteiger partial charge in [-0.2, -0.15) is 0 Å². The molecule has 0 spiro atoms. The number of hydrogen-bond donors (Lipinski definition) is 0. The van der Waals surface area contributed by atoms with Crippen molar-refractivity contribution in [2.45, 2.75) is 0 Å². The second-order valence-electron chi connectivity index (χ2n) is 4.90. The molecule has 0 saturated carbocycles. The molecule has 0 N–H and O–H groups in total. The summed E-state index contributed by atoms with van der Waals surface area (Å²) in [6.07, 6.45) is 2.06. The number of carbonyl (C=O) groups is 1. The molecule has 0 radical (unpaired) electrons. The fraction of sp³-hybridized carbons (Fsp3) is 0.471. The van der Waals surface area contributed by atoms with Gasteiger partial charge in [-0.15, -0.1) is 0 Å². The number of rotatable bonds is 14. The number of hydrogen-bond acceptors (Lipinski definition) is 8. The first-order chi connectivity index (χ1) is 13.0. The van der Waals surface area contributed by atoms with Gasteiger partial charge in [0.15, 0.2) is 25.1 Å². The van der Waals surface area contributed by atoms with E-state index in [1.165, 1.54) is 12.1 Å². The fourth-order valence-corrected chi connectivity index (χ4v) is 2.19. The first kappa shape index (κ1) is 23.5. The molecule has 27 heavy (non-hydrogen) atoms. The standard InChI is InChI=1S/C17H22Cl2O8/c1-22-5-7-24-10-26-13-9-12(3-4-14(20)21)15(18)16(19)17(13)27-11-25-8-6-23-2/h3-4,9H,5-8,10-11H2,1-2H3,(H,20,21)/p-1. The maximum Gasteiger partial charge on any atom is 0.189 e. The molecular weight excluding hydrogens is 403 g/mol. The molecule has 0 heterocycles. The van der Waals surface area contributed by atoms with Gasteiger partial charge in [-0.05, 0) is 17.7 Å². The Morgan fingerprint density at radius 2 is 1.59 bits per heavy atom. The zero-order chi connectivity index (χ0) is 20.1. The average molecular weight is 424 g/mol. The predicted octanol–water partition coefficient (Wildman–Crippen LogP) is 1.76. The number of methoxy groups -OCH3 is 2. The Bertz CT molecular complexity index is 621. The molecule has 0 bridgehead atoms. The number of carbonyl (C=O) groups excluding carboxylic acids is 1. The summed E-state index contributed by atoms with van der Waals surface area (Å²) in [6.45, 7) is 1.24. The van der Waals surface area contributed by atoms with E-state index in [0.717, 1.165) is 6.08 Å². The van der Waals surface area contributed by atoms with Gasteiger partial charge in [-0.25, -0.2) is 0 Å². The van der Waals surface area contributed by atoms with Gasteiger partial charge in [-0.3, -0.25) is 0 Å². The Balaban J connectivity index is 2.94. The van der Waals surface area contributed by atoms with Gasteiger partial charge in [0.1, 0.15) is 5.02 Å². The lowest BCUT2D eigenvalue weighted by Gasteiger charge is -2.16. The number of halogens is 2. The second kappa shape index (κ2) is 13.6. The average Bonchev–Trinajstić information content (AvgIpc) is 2.64. The minimum absolute atomic E-state index is 0.0411. The van der Waals surface area contributed by atoms with Gasteiger partial charge in [0.05, 0.1) is 37.4 Å². The minimum atomic E-state index is -1.38. The van der Waals surface area contributed by atoms with Crippen LogP contribution in [-0.4, -0.2) is 60.2 Å². The molecule has 1 aromatic rings. The molecule has 0 fully saturated rings. The summed E-state index contributed by atoms with van der Waals surface area (Å²) in [7, 11) is 3.10. The molecule has 0 atom stereocenters. The minimum Gasteiger partial charge on any atom is -0.545 e. The van der Waals surface area contributed by atoms with Crippen LogP contribution in [0, 0.1) is 0 Å². The molecule has 0 aliphatic rings. The van der Waals surface area contributed by atoms with Crippen molar-refractivity contribution in [2.24, 2.45) is 0 Å². The second-order valence-corrected chi connectivity index (χ2v) is 5.66. The zero-order valence-corrected chi connectivity index (χ0v) is 16.5. The van der Waals surface area contributed by atoms with E-state index >= 15 is 0 Å². The first-order valence-corrected chi connectivity index (χ1v) is 8.56. The molecule has 8 nitrogen and oxygen atoms in total. The number of ether oxygens (including phenoxy) is 6. The molecular formula is C17H21Cl2O8-. The van der Waals surface area contributed by atoms with Crippen LogP contribution in [0.2, 0.25) is 10.0 Å². The van der Waals surface area contributed by atoms with E-state index in [1.807, 2.05) is 0 Å². The summed E-state index contributed by atoms with van der Waals surface area (Å²) in [4.78, 5) is 10.6. The van der Waals surface area contributed by atoms with Crippen LogP contribution in [0.1, 0.15) is 5.56 Å². The molecule has 10 heteroatoms. The van der Waals surface area contributed by atoms with E-state index < -0.39 is 5.97 Å². The Morgan fingerprint density at radius 3 is 2.15 bits per heavy atom. The summed E-state index contributed by atoms with van der Waals surface area (Å²) in [5, 5.41) is 10.8. The van der Waals surface area contributed by atoms with Crippen molar-refractivity contribution in [1.82, 2.24) is 0 Å². The maximum atomic E-state index is 10.6.